The van der Waals surface area contributed by atoms with Crippen LogP contribution in [0.25, 0.3) is 21.8 Å². The number of benzene rings is 2. The van der Waals surface area contributed by atoms with Gasteiger partial charge >= 0.3 is 0 Å². The van der Waals surface area contributed by atoms with Crippen LogP contribution in [0.5, 0.6) is 0 Å². The number of rotatable bonds is 12. The highest BCUT2D eigenvalue weighted by atomic mass is 16.2. The van der Waals surface area contributed by atoms with Crippen molar-refractivity contribution in [2.24, 2.45) is 17.8 Å². The van der Waals surface area contributed by atoms with Crippen LogP contribution in [0, 0.1) is 17.8 Å². The molecule has 3 aliphatic rings. The first-order chi connectivity index (χ1) is 34.7. The number of likely N-dealkylation sites (N-methyl/N-ethyl adjacent to an activating group) is 2. The van der Waals surface area contributed by atoms with Crippen molar-refractivity contribution in [1.82, 2.24) is 50.5 Å². The number of nitrogens with one attached hydrogen (secondary N) is 4. The summed E-state index contributed by atoms with van der Waals surface area (Å²) in [5.41, 5.74) is 2.52. The summed E-state index contributed by atoms with van der Waals surface area (Å²) in [7, 11) is 3.06. The van der Waals surface area contributed by atoms with E-state index in [1.165, 1.54) is 42.0 Å². The van der Waals surface area contributed by atoms with Crippen LogP contribution in [-0.2, 0) is 51.9 Å². The SMILES string of the molecule is C=CC(C)(C)n1cc(C[C@@H]2NC(=O)[C@H](CC3CCC3)NC(=O)[C@H](CC(C)C)N3CCC[C@@H](C3=O)N(C)C(=O)[C@H](C)NC(=O)[C@H](Cc3ccc4ncncc4c3)NC(=O)[C@H](CC(C)C)N(C)C2=O)c2ccccc21. The molecule has 1 saturated carbocycles. The van der Waals surface area contributed by atoms with Gasteiger partial charge in [-0.05, 0) is 100.0 Å². The van der Waals surface area contributed by atoms with Crippen molar-refractivity contribution < 1.29 is 33.6 Å². The van der Waals surface area contributed by atoms with Crippen LogP contribution < -0.4 is 21.3 Å². The van der Waals surface area contributed by atoms with Crippen LogP contribution in [0.15, 0.2) is 73.8 Å². The molecule has 2 saturated heterocycles. The maximum atomic E-state index is 15.4. The molecule has 17 nitrogen and oxygen atoms in total. The van der Waals surface area contributed by atoms with Gasteiger partial charge in [-0.1, -0.05) is 77.3 Å². The third kappa shape index (κ3) is 12.4. The molecule has 4 aromatic rings. The number of hydrogen-bond donors (Lipinski definition) is 4. The van der Waals surface area contributed by atoms with Crippen LogP contribution in [0.4, 0.5) is 0 Å². The molecule has 7 amide bonds. The van der Waals surface area contributed by atoms with E-state index in [9.17, 15) is 24.0 Å². The lowest BCUT2D eigenvalue weighted by molar-refractivity contribution is -0.153. The van der Waals surface area contributed by atoms with Gasteiger partial charge < -0.3 is 40.5 Å². The van der Waals surface area contributed by atoms with Crippen molar-refractivity contribution in [1.29, 1.82) is 0 Å². The van der Waals surface area contributed by atoms with Crippen molar-refractivity contribution >= 4 is 63.2 Å². The molecule has 4 N–H and O–H groups in total. The van der Waals surface area contributed by atoms with Gasteiger partial charge in [-0.15, -0.1) is 6.58 Å². The van der Waals surface area contributed by atoms with Gasteiger partial charge in [0.1, 0.15) is 48.6 Å². The summed E-state index contributed by atoms with van der Waals surface area (Å²) in [4.78, 5) is 117. The number of hydrogen-bond acceptors (Lipinski definition) is 9. The first-order valence-corrected chi connectivity index (χ1v) is 26.1. The van der Waals surface area contributed by atoms with E-state index in [0.29, 0.717) is 36.8 Å². The molecule has 4 heterocycles. The Hall–Kier alpha value is -6.65. The van der Waals surface area contributed by atoms with Gasteiger partial charge in [0.05, 0.1) is 11.1 Å². The van der Waals surface area contributed by atoms with E-state index in [4.69, 9.17) is 0 Å². The normalized spacial score (nSPS) is 24.8. The van der Waals surface area contributed by atoms with E-state index in [0.717, 1.165) is 41.1 Å². The predicted octanol–water partition coefficient (Wildman–Crippen LogP) is 5.19. The lowest BCUT2D eigenvalue weighted by Gasteiger charge is -2.41. The molecule has 7 atom stereocenters. The van der Waals surface area contributed by atoms with Gasteiger partial charge in [-0.3, -0.25) is 33.6 Å². The van der Waals surface area contributed by atoms with Gasteiger partial charge in [0.25, 0.3) is 0 Å². The second-order valence-corrected chi connectivity index (χ2v) is 22.0. The average molecular weight is 1000 g/mol. The number of aromatic nitrogens is 3. The number of allylic oxidation sites excluding steroid dienone is 1. The summed E-state index contributed by atoms with van der Waals surface area (Å²) in [6.45, 7) is 17.8. The third-order valence-electron chi connectivity index (χ3n) is 15.2. The maximum Gasteiger partial charge on any atom is 0.246 e. The van der Waals surface area contributed by atoms with E-state index in [1.807, 2.05) is 90.2 Å². The number of nitrogens with zero attached hydrogens (tertiary/aromatic N) is 6. The van der Waals surface area contributed by atoms with E-state index < -0.39 is 89.2 Å². The molecule has 2 aromatic carbocycles. The summed E-state index contributed by atoms with van der Waals surface area (Å²) in [5.74, 6) is -3.76. The minimum absolute atomic E-state index is 0.00570. The molecule has 1 aliphatic carbocycles. The van der Waals surface area contributed by atoms with E-state index in [1.54, 1.807) is 12.3 Å². The maximum absolute atomic E-state index is 15.4. The van der Waals surface area contributed by atoms with Crippen molar-refractivity contribution in [3.63, 3.8) is 0 Å². The van der Waals surface area contributed by atoms with Crippen LogP contribution in [0.1, 0.15) is 111 Å². The quantitative estimate of drug-likeness (QED) is 0.138. The van der Waals surface area contributed by atoms with Crippen LogP contribution in [0.2, 0.25) is 0 Å². The van der Waals surface area contributed by atoms with Gasteiger partial charge in [0.15, 0.2) is 0 Å². The second kappa shape index (κ2) is 23.1. The summed E-state index contributed by atoms with van der Waals surface area (Å²) in [6.07, 6.45) is 11.4. The van der Waals surface area contributed by atoms with Crippen LogP contribution in [0.3, 0.4) is 0 Å². The molecule has 392 valence electrons. The number of fused-ring (bicyclic) bond motifs is 4. The highest BCUT2D eigenvalue weighted by Gasteiger charge is 2.43. The molecule has 2 bridgehead atoms. The van der Waals surface area contributed by atoms with E-state index in [-0.39, 0.29) is 43.6 Å². The molecular formula is C56H76N10O7. The highest BCUT2D eigenvalue weighted by molar-refractivity contribution is 5.99. The molecule has 0 unspecified atom stereocenters. The number of piperidine rings is 1. The van der Waals surface area contributed by atoms with Gasteiger partial charge in [-0.2, -0.15) is 0 Å². The molecule has 0 radical (unpaired) electrons. The smallest absolute Gasteiger partial charge is 0.246 e. The summed E-state index contributed by atoms with van der Waals surface area (Å²) in [5, 5.41) is 13.6. The molecule has 7 rings (SSSR count). The Kier molecular flexibility index (Phi) is 17.1. The van der Waals surface area contributed by atoms with Crippen molar-refractivity contribution in [2.75, 3.05) is 20.6 Å². The Morgan fingerprint density at radius 3 is 2.08 bits per heavy atom. The summed E-state index contributed by atoms with van der Waals surface area (Å²) < 4.78 is 2.09. The van der Waals surface area contributed by atoms with Crippen LogP contribution in [-0.4, -0.2) is 134 Å². The molecule has 17 heteroatoms. The summed E-state index contributed by atoms with van der Waals surface area (Å²) in [6, 6.07) is 5.63. The van der Waals surface area contributed by atoms with Crippen molar-refractivity contribution in [3.05, 3.63) is 85.0 Å². The minimum atomic E-state index is -1.23. The number of carbonyl (C=O) groups is 7. The summed E-state index contributed by atoms with van der Waals surface area (Å²) >= 11 is 0. The monoisotopic (exact) mass is 1000 g/mol. The number of carbonyl (C=O) groups excluding carboxylic acids is 7. The van der Waals surface area contributed by atoms with Gasteiger partial charge in [0.2, 0.25) is 41.4 Å². The zero-order valence-corrected chi connectivity index (χ0v) is 44.2. The fraction of sp³-hybridized carbons (Fsp3) is 0.554. The Morgan fingerprint density at radius 2 is 1.40 bits per heavy atom. The Labute approximate surface area is 429 Å². The van der Waals surface area contributed by atoms with Gasteiger partial charge in [-0.25, -0.2) is 9.97 Å². The first kappa shape index (κ1) is 54.1. The Bertz CT molecular complexity index is 2710. The van der Waals surface area contributed by atoms with Crippen LogP contribution >= 0.6 is 0 Å². The fourth-order valence-corrected chi connectivity index (χ4v) is 10.6. The molecule has 0 spiro atoms. The topological polar surface area (TPSA) is 208 Å². The average Bonchev–Trinajstić information content (AvgIpc) is 3.72. The largest absolute Gasteiger partial charge is 0.343 e. The van der Waals surface area contributed by atoms with E-state index in [2.05, 4.69) is 42.4 Å². The number of amides is 7. The zero-order valence-electron chi connectivity index (χ0n) is 44.2. The number of para-hydroxylation sites is 1. The van der Waals surface area contributed by atoms with Gasteiger partial charge in [0, 0.05) is 62.2 Å². The third-order valence-corrected chi connectivity index (χ3v) is 15.2. The highest BCUT2D eigenvalue weighted by Crippen LogP contribution is 2.33. The molecule has 3 fully saturated rings. The predicted molar refractivity (Wildman–Crippen MR) is 281 cm³/mol. The van der Waals surface area contributed by atoms with E-state index >= 15 is 9.59 Å². The lowest BCUT2D eigenvalue weighted by Crippen LogP contribution is -2.62. The van der Waals surface area contributed by atoms with Crippen molar-refractivity contribution in [2.45, 2.75) is 161 Å². The molecule has 73 heavy (non-hydrogen) atoms. The van der Waals surface area contributed by atoms with Crippen molar-refractivity contribution in [3.8, 4) is 0 Å². The standard InChI is InChI=1S/C56H76N10O7/c1-11-56(7,8)66-31-39(40-18-12-13-19-45(40)66)29-44-54(72)64(10)47(24-33(2)3)51(69)60-43(28-37-21-22-41-38(26-37)30-57-32-58-41)49(67)59-35(6)53(71)63(9)46-20-15-23-65(55(46)73)48(25-34(4)5)52(70)61-42(50(68)62-44)27-36-16-14-17-36/h11-13,18-19,21-22,26,30-36,42-44,46-48H,1,14-17,20,23-25,27-29H2,2-10H3,(H,59,67)(H,60,69)(H,61,70)(H,62,68)/t35-,42-,43-,44-,46-,47-,48-/m0/s1. The first-order valence-electron chi connectivity index (χ1n) is 26.1. The molecular weight excluding hydrogens is 925 g/mol. The minimum Gasteiger partial charge on any atom is -0.343 e. The molecule has 2 aliphatic heterocycles. The second-order valence-electron chi connectivity index (χ2n) is 22.0. The Balaban J connectivity index is 1.34. The lowest BCUT2D eigenvalue weighted by atomic mass is 9.80. The zero-order chi connectivity index (χ0) is 52.9. The fourth-order valence-electron chi connectivity index (χ4n) is 10.6. The molecule has 2 aromatic heterocycles. The Morgan fingerprint density at radius 1 is 0.740 bits per heavy atom.